The van der Waals surface area contributed by atoms with E-state index in [9.17, 15) is 18.0 Å². The van der Waals surface area contributed by atoms with E-state index in [0.717, 1.165) is 0 Å². The third kappa shape index (κ3) is 6.10. The molecule has 2 atom stereocenters. The standard InChI is InChI=1S/C27H32Cl2N4O5S/c1-4-32-23(17-31-13-14-33(18(3)16-31)39(36,37)20-9-7-6-8-10-20)24(26(34)38-5-2)25(30-27(32)35)19-11-12-21(28)22(29)15-19/h6-12,15,18,25H,4-5,13-14,16-17H2,1-3H3,(H,30,35)/t18-,25+/m1/s1. The van der Waals surface area contributed by atoms with Crippen molar-refractivity contribution in [3.8, 4) is 0 Å². The first-order valence-corrected chi connectivity index (χ1v) is 15.0. The van der Waals surface area contributed by atoms with Crippen molar-refractivity contribution < 1.29 is 22.7 Å². The van der Waals surface area contributed by atoms with Crippen LogP contribution in [0.3, 0.4) is 0 Å². The average molecular weight is 596 g/mol. The Morgan fingerprint density at radius 3 is 2.41 bits per heavy atom. The van der Waals surface area contributed by atoms with Crippen LogP contribution in [0.2, 0.25) is 10.0 Å². The van der Waals surface area contributed by atoms with Crippen LogP contribution in [0.1, 0.15) is 32.4 Å². The van der Waals surface area contributed by atoms with Crippen LogP contribution in [-0.4, -0.2) is 79.9 Å². The maximum Gasteiger partial charge on any atom is 0.338 e. The summed E-state index contributed by atoms with van der Waals surface area (Å²) in [6.07, 6.45) is 0. The number of rotatable bonds is 8. The lowest BCUT2D eigenvalue weighted by atomic mass is 9.94. The summed E-state index contributed by atoms with van der Waals surface area (Å²) in [6.45, 7) is 7.28. The minimum atomic E-state index is -3.65. The maximum atomic E-state index is 13.3. The Labute approximate surface area is 239 Å². The normalized spacial score (nSPS) is 21.2. The number of hydrogen-bond acceptors (Lipinski definition) is 6. The van der Waals surface area contributed by atoms with Crippen LogP contribution < -0.4 is 5.32 Å². The molecular formula is C27H32Cl2N4O5S. The molecule has 0 unspecified atom stereocenters. The van der Waals surface area contributed by atoms with E-state index in [1.54, 1.807) is 55.5 Å². The lowest BCUT2D eigenvalue weighted by Crippen LogP contribution is -2.56. The number of piperazine rings is 1. The average Bonchev–Trinajstić information content (AvgIpc) is 2.90. The minimum Gasteiger partial charge on any atom is -0.463 e. The van der Waals surface area contributed by atoms with Crippen molar-refractivity contribution in [1.82, 2.24) is 19.4 Å². The molecule has 0 saturated carbocycles. The molecule has 2 aromatic carbocycles. The molecule has 0 radical (unpaired) electrons. The van der Waals surface area contributed by atoms with Crippen molar-refractivity contribution in [3.05, 3.63) is 75.4 Å². The first-order chi connectivity index (χ1) is 18.6. The SMILES string of the molecule is CCOC(=O)C1=C(CN2CCN(S(=O)(=O)c3ccccc3)[C@H](C)C2)N(CC)C(=O)N[C@H]1c1ccc(Cl)c(Cl)c1. The van der Waals surface area contributed by atoms with Crippen molar-refractivity contribution in [2.24, 2.45) is 0 Å². The van der Waals surface area contributed by atoms with Gasteiger partial charge in [0, 0.05) is 44.5 Å². The second-order valence-corrected chi connectivity index (χ2v) is 12.1. The molecular weight excluding hydrogens is 563 g/mol. The highest BCUT2D eigenvalue weighted by molar-refractivity contribution is 7.89. The predicted molar refractivity (Wildman–Crippen MR) is 150 cm³/mol. The van der Waals surface area contributed by atoms with Crippen LogP contribution in [0.4, 0.5) is 4.79 Å². The molecule has 12 heteroatoms. The van der Waals surface area contributed by atoms with Gasteiger partial charge in [0.2, 0.25) is 10.0 Å². The number of carbonyl (C=O) groups is 2. The van der Waals surface area contributed by atoms with Crippen molar-refractivity contribution >= 4 is 45.2 Å². The maximum absolute atomic E-state index is 13.3. The molecule has 2 heterocycles. The van der Waals surface area contributed by atoms with Gasteiger partial charge in [0.15, 0.2) is 0 Å². The molecule has 0 bridgehead atoms. The van der Waals surface area contributed by atoms with Gasteiger partial charge in [-0.1, -0.05) is 47.5 Å². The number of likely N-dealkylation sites (N-methyl/N-ethyl adjacent to an activating group) is 1. The summed E-state index contributed by atoms with van der Waals surface area (Å²) in [7, 11) is -3.65. The third-order valence-electron chi connectivity index (χ3n) is 6.90. The number of ether oxygens (including phenoxy) is 1. The smallest absolute Gasteiger partial charge is 0.338 e. The zero-order chi connectivity index (χ0) is 28.3. The van der Waals surface area contributed by atoms with Gasteiger partial charge in [-0.05, 0) is 50.6 Å². The van der Waals surface area contributed by atoms with E-state index >= 15 is 0 Å². The number of benzene rings is 2. The summed E-state index contributed by atoms with van der Waals surface area (Å²) in [5.74, 6) is -0.541. The summed E-state index contributed by atoms with van der Waals surface area (Å²) in [6, 6.07) is 11.9. The Hall–Kier alpha value is -2.63. The Balaban J connectivity index is 1.67. The Morgan fingerprint density at radius 1 is 1.08 bits per heavy atom. The number of sulfonamides is 1. The zero-order valence-corrected chi connectivity index (χ0v) is 24.4. The predicted octanol–water partition coefficient (Wildman–Crippen LogP) is 4.29. The summed E-state index contributed by atoms with van der Waals surface area (Å²) in [4.78, 5) is 30.4. The summed E-state index contributed by atoms with van der Waals surface area (Å²) >= 11 is 12.4. The molecule has 39 heavy (non-hydrogen) atoms. The fourth-order valence-corrected chi connectivity index (χ4v) is 7.00. The summed E-state index contributed by atoms with van der Waals surface area (Å²) < 4.78 is 33.4. The molecule has 1 N–H and O–H groups in total. The lowest BCUT2D eigenvalue weighted by molar-refractivity contribution is -0.139. The van der Waals surface area contributed by atoms with E-state index in [2.05, 4.69) is 10.2 Å². The molecule has 210 valence electrons. The number of nitrogens with one attached hydrogen (secondary N) is 1. The van der Waals surface area contributed by atoms with E-state index in [1.165, 1.54) is 9.21 Å². The zero-order valence-electron chi connectivity index (χ0n) is 22.1. The largest absolute Gasteiger partial charge is 0.463 e. The summed E-state index contributed by atoms with van der Waals surface area (Å²) in [5.41, 5.74) is 1.42. The second-order valence-electron chi connectivity index (χ2n) is 9.39. The molecule has 0 spiro atoms. The molecule has 1 fully saturated rings. The topological polar surface area (TPSA) is 99.3 Å². The molecule has 2 aromatic rings. The van der Waals surface area contributed by atoms with E-state index < -0.39 is 22.0 Å². The molecule has 2 aliphatic rings. The highest BCUT2D eigenvalue weighted by Crippen LogP contribution is 2.35. The van der Waals surface area contributed by atoms with E-state index in [-0.39, 0.29) is 36.7 Å². The fraction of sp³-hybridized carbons (Fsp3) is 0.407. The van der Waals surface area contributed by atoms with Crippen LogP contribution in [-0.2, 0) is 19.6 Å². The van der Waals surface area contributed by atoms with Gasteiger partial charge in [-0.15, -0.1) is 0 Å². The van der Waals surface area contributed by atoms with Crippen LogP contribution in [0.5, 0.6) is 0 Å². The van der Waals surface area contributed by atoms with Gasteiger partial charge >= 0.3 is 12.0 Å². The summed E-state index contributed by atoms with van der Waals surface area (Å²) in [5, 5.41) is 3.57. The molecule has 1 saturated heterocycles. The van der Waals surface area contributed by atoms with E-state index in [1.807, 2.05) is 13.8 Å². The van der Waals surface area contributed by atoms with Crippen LogP contribution in [0.25, 0.3) is 0 Å². The quantitative estimate of drug-likeness (QED) is 0.458. The second kappa shape index (κ2) is 12.3. The monoisotopic (exact) mass is 594 g/mol. The first kappa shape index (κ1) is 29.4. The van der Waals surface area contributed by atoms with Crippen molar-refractivity contribution in [3.63, 3.8) is 0 Å². The van der Waals surface area contributed by atoms with Gasteiger partial charge in [0.05, 0.1) is 33.2 Å². The Morgan fingerprint density at radius 2 is 1.79 bits per heavy atom. The van der Waals surface area contributed by atoms with Gasteiger partial charge in [0.25, 0.3) is 0 Å². The van der Waals surface area contributed by atoms with Crippen molar-refractivity contribution in [1.29, 1.82) is 0 Å². The Kier molecular flexibility index (Phi) is 9.23. The van der Waals surface area contributed by atoms with E-state index in [0.29, 0.717) is 46.5 Å². The van der Waals surface area contributed by atoms with Crippen LogP contribution in [0.15, 0.2) is 64.7 Å². The lowest BCUT2D eigenvalue weighted by Gasteiger charge is -2.42. The molecule has 0 aromatic heterocycles. The fourth-order valence-electron chi connectivity index (χ4n) is 5.06. The molecule has 2 aliphatic heterocycles. The van der Waals surface area contributed by atoms with Gasteiger partial charge in [0.1, 0.15) is 0 Å². The van der Waals surface area contributed by atoms with Gasteiger partial charge in [-0.25, -0.2) is 18.0 Å². The van der Waals surface area contributed by atoms with E-state index in [4.69, 9.17) is 27.9 Å². The van der Waals surface area contributed by atoms with Gasteiger partial charge in [-0.2, -0.15) is 4.31 Å². The highest BCUT2D eigenvalue weighted by atomic mass is 35.5. The number of nitrogens with zero attached hydrogens (tertiary/aromatic N) is 3. The number of carbonyl (C=O) groups excluding carboxylic acids is 2. The first-order valence-electron chi connectivity index (χ1n) is 12.8. The molecule has 9 nitrogen and oxygen atoms in total. The number of hydrogen-bond donors (Lipinski definition) is 1. The minimum absolute atomic E-state index is 0.164. The molecule has 0 aliphatic carbocycles. The van der Waals surface area contributed by atoms with Gasteiger partial charge in [-0.3, -0.25) is 9.80 Å². The van der Waals surface area contributed by atoms with Crippen molar-refractivity contribution in [2.45, 2.75) is 37.8 Å². The van der Waals surface area contributed by atoms with Crippen LogP contribution in [0, 0.1) is 0 Å². The molecule has 2 amide bonds. The number of halogens is 2. The highest BCUT2D eigenvalue weighted by Gasteiger charge is 2.40. The third-order valence-corrected chi connectivity index (χ3v) is 9.67. The number of esters is 1. The Bertz CT molecular complexity index is 1370. The van der Waals surface area contributed by atoms with Crippen LogP contribution >= 0.6 is 23.2 Å². The molecule has 4 rings (SSSR count). The number of urea groups is 1. The number of amides is 2. The van der Waals surface area contributed by atoms with Crippen molar-refractivity contribution in [2.75, 3.05) is 39.3 Å². The van der Waals surface area contributed by atoms with Gasteiger partial charge < -0.3 is 10.1 Å².